The predicted octanol–water partition coefficient (Wildman–Crippen LogP) is 1.13. The van der Waals surface area contributed by atoms with Gasteiger partial charge in [0.2, 0.25) is 11.8 Å². The van der Waals surface area contributed by atoms with Crippen molar-refractivity contribution in [3.05, 3.63) is 0 Å². The van der Waals surface area contributed by atoms with E-state index in [0.717, 1.165) is 37.4 Å². The van der Waals surface area contributed by atoms with Gasteiger partial charge in [-0.2, -0.15) is 0 Å². The summed E-state index contributed by atoms with van der Waals surface area (Å²) in [5.41, 5.74) is 0. The molecular formula is C11H16N2O3S. The van der Waals surface area contributed by atoms with E-state index in [0.29, 0.717) is 0 Å². The maximum absolute atomic E-state index is 11.7. The number of nitrogens with zero attached hydrogens (tertiary/aromatic N) is 1. The molecule has 2 unspecified atom stereocenters. The first-order valence-corrected chi connectivity index (χ1v) is 6.84. The van der Waals surface area contributed by atoms with Crippen LogP contribution < -0.4 is 5.32 Å². The van der Waals surface area contributed by atoms with E-state index in [4.69, 9.17) is 0 Å². The molecule has 0 bridgehead atoms. The average molecular weight is 256 g/mol. The molecule has 3 amide bonds. The molecule has 5 nitrogen and oxygen atoms in total. The van der Waals surface area contributed by atoms with Gasteiger partial charge in [-0.15, -0.1) is 0 Å². The normalized spacial score (nSPS) is 29.6. The fraction of sp³-hybridized carbons (Fsp3) is 0.727. The third-order valence-electron chi connectivity index (χ3n) is 3.23. The minimum absolute atomic E-state index is 0.0761. The van der Waals surface area contributed by atoms with E-state index in [1.807, 2.05) is 0 Å². The second kappa shape index (κ2) is 5.08. The topological polar surface area (TPSA) is 66.5 Å². The van der Waals surface area contributed by atoms with Crippen LogP contribution in [0.5, 0.6) is 0 Å². The van der Waals surface area contributed by atoms with Crippen LogP contribution in [0.4, 0.5) is 4.79 Å². The van der Waals surface area contributed by atoms with Crippen molar-refractivity contribution in [1.82, 2.24) is 10.2 Å². The van der Waals surface area contributed by atoms with E-state index in [2.05, 4.69) is 5.32 Å². The molecule has 0 aromatic carbocycles. The Morgan fingerprint density at radius 2 is 2.06 bits per heavy atom. The van der Waals surface area contributed by atoms with Crippen LogP contribution in [0.1, 0.15) is 32.6 Å². The molecule has 0 aromatic heterocycles. The highest BCUT2D eigenvalue weighted by Gasteiger charge is 2.40. The number of rotatable bonds is 2. The molecule has 94 valence electrons. The van der Waals surface area contributed by atoms with Crippen molar-refractivity contribution in [2.45, 2.75) is 44.7 Å². The molecule has 0 spiro atoms. The zero-order valence-corrected chi connectivity index (χ0v) is 10.6. The minimum Gasteiger partial charge on any atom is -0.352 e. The van der Waals surface area contributed by atoms with E-state index >= 15 is 0 Å². The van der Waals surface area contributed by atoms with Crippen LogP contribution >= 0.6 is 11.8 Å². The number of carbonyl (C=O) groups excluding carboxylic acids is 3. The number of nitrogens with one attached hydrogen (secondary N) is 1. The summed E-state index contributed by atoms with van der Waals surface area (Å²) < 4.78 is 0. The summed E-state index contributed by atoms with van der Waals surface area (Å²) in [6.07, 6.45) is 3.67. The van der Waals surface area contributed by atoms with E-state index < -0.39 is 0 Å². The predicted molar refractivity (Wildman–Crippen MR) is 64.6 cm³/mol. The number of hydrogen-bond donors (Lipinski definition) is 1. The lowest BCUT2D eigenvalue weighted by atomic mass is 9.89. The van der Waals surface area contributed by atoms with Crippen LogP contribution in [0, 0.1) is 0 Å². The van der Waals surface area contributed by atoms with Crippen molar-refractivity contribution in [2.24, 2.45) is 0 Å². The van der Waals surface area contributed by atoms with Crippen molar-refractivity contribution in [3.63, 3.8) is 0 Å². The SMILES string of the molecule is CC(=O)NC1CCCCC1N1C(=O)CSC1=O. The van der Waals surface area contributed by atoms with Gasteiger partial charge in [-0.05, 0) is 12.8 Å². The monoisotopic (exact) mass is 256 g/mol. The fourth-order valence-electron chi connectivity index (χ4n) is 2.53. The molecule has 17 heavy (non-hydrogen) atoms. The van der Waals surface area contributed by atoms with E-state index in [-0.39, 0.29) is 34.9 Å². The van der Waals surface area contributed by atoms with Crippen molar-refractivity contribution < 1.29 is 14.4 Å². The first kappa shape index (κ1) is 12.4. The minimum atomic E-state index is -0.169. The van der Waals surface area contributed by atoms with Crippen molar-refractivity contribution in [2.75, 3.05) is 5.75 Å². The van der Waals surface area contributed by atoms with Crippen molar-refractivity contribution in [3.8, 4) is 0 Å². The highest BCUT2D eigenvalue weighted by atomic mass is 32.2. The molecule has 1 saturated carbocycles. The van der Waals surface area contributed by atoms with E-state index in [9.17, 15) is 14.4 Å². The van der Waals surface area contributed by atoms with Gasteiger partial charge in [-0.1, -0.05) is 24.6 Å². The molecule has 1 heterocycles. The Bertz CT molecular complexity index is 343. The summed E-state index contributed by atoms with van der Waals surface area (Å²) in [4.78, 5) is 35.8. The Balaban J connectivity index is 2.12. The van der Waals surface area contributed by atoms with Gasteiger partial charge in [0, 0.05) is 13.0 Å². The van der Waals surface area contributed by atoms with Crippen LogP contribution in [0.25, 0.3) is 0 Å². The Morgan fingerprint density at radius 1 is 1.35 bits per heavy atom. The largest absolute Gasteiger partial charge is 0.352 e. The maximum atomic E-state index is 11.7. The summed E-state index contributed by atoms with van der Waals surface area (Å²) >= 11 is 1.05. The van der Waals surface area contributed by atoms with Crippen LogP contribution in [-0.2, 0) is 9.59 Å². The number of hydrogen-bond acceptors (Lipinski definition) is 4. The third kappa shape index (κ3) is 2.62. The number of amides is 3. The van der Waals surface area contributed by atoms with Gasteiger partial charge in [-0.3, -0.25) is 19.3 Å². The zero-order chi connectivity index (χ0) is 12.4. The second-order valence-electron chi connectivity index (χ2n) is 4.48. The number of carbonyl (C=O) groups is 3. The summed E-state index contributed by atoms with van der Waals surface area (Å²) in [5.74, 6) is 0.0122. The molecule has 2 aliphatic rings. The third-order valence-corrected chi connectivity index (χ3v) is 4.07. The van der Waals surface area contributed by atoms with Gasteiger partial charge >= 0.3 is 0 Å². The zero-order valence-electron chi connectivity index (χ0n) is 9.77. The lowest BCUT2D eigenvalue weighted by molar-refractivity contribution is -0.128. The Morgan fingerprint density at radius 3 is 2.65 bits per heavy atom. The van der Waals surface area contributed by atoms with Gasteiger partial charge in [0.25, 0.3) is 5.24 Å². The molecular weight excluding hydrogens is 240 g/mol. The Labute approximate surface area is 104 Å². The highest BCUT2D eigenvalue weighted by Crippen LogP contribution is 2.29. The van der Waals surface area contributed by atoms with Crippen LogP contribution in [0.2, 0.25) is 0 Å². The number of imide groups is 1. The van der Waals surface area contributed by atoms with Gasteiger partial charge < -0.3 is 5.32 Å². The van der Waals surface area contributed by atoms with Gasteiger partial charge in [-0.25, -0.2) is 0 Å². The van der Waals surface area contributed by atoms with Crippen molar-refractivity contribution >= 4 is 28.8 Å². The molecule has 2 rings (SSSR count). The summed E-state index contributed by atoms with van der Waals surface area (Å²) in [5, 5.41) is 2.69. The quantitative estimate of drug-likeness (QED) is 0.804. The molecule has 1 aliphatic heterocycles. The molecule has 1 N–H and O–H groups in total. The van der Waals surface area contributed by atoms with Crippen LogP contribution in [-0.4, -0.2) is 39.8 Å². The van der Waals surface area contributed by atoms with E-state index in [1.54, 1.807) is 0 Å². The van der Waals surface area contributed by atoms with Gasteiger partial charge in [0.1, 0.15) is 0 Å². The average Bonchev–Trinajstić information content (AvgIpc) is 2.59. The molecule has 0 radical (unpaired) electrons. The molecule has 6 heteroatoms. The van der Waals surface area contributed by atoms with Gasteiger partial charge in [0.05, 0.1) is 11.8 Å². The second-order valence-corrected chi connectivity index (χ2v) is 5.40. The van der Waals surface area contributed by atoms with E-state index in [1.165, 1.54) is 11.8 Å². The highest BCUT2D eigenvalue weighted by molar-refractivity contribution is 8.14. The Kier molecular flexibility index (Phi) is 3.71. The first-order valence-electron chi connectivity index (χ1n) is 5.85. The van der Waals surface area contributed by atoms with Gasteiger partial charge in [0.15, 0.2) is 0 Å². The van der Waals surface area contributed by atoms with Crippen molar-refractivity contribution in [1.29, 1.82) is 0 Å². The standard InChI is InChI=1S/C11H16N2O3S/c1-7(14)12-8-4-2-3-5-9(8)13-10(15)6-17-11(13)16/h8-9H,2-6H2,1H3,(H,12,14). The molecule has 2 atom stereocenters. The first-order chi connectivity index (χ1) is 8.09. The van der Waals surface area contributed by atoms with Crippen LogP contribution in [0.15, 0.2) is 0 Å². The maximum Gasteiger partial charge on any atom is 0.289 e. The molecule has 1 aliphatic carbocycles. The molecule has 1 saturated heterocycles. The smallest absolute Gasteiger partial charge is 0.289 e. The summed E-state index contributed by atoms with van der Waals surface area (Å²) in [7, 11) is 0. The lowest BCUT2D eigenvalue weighted by Gasteiger charge is -2.36. The number of thioether (sulfide) groups is 1. The van der Waals surface area contributed by atoms with Crippen LogP contribution in [0.3, 0.4) is 0 Å². The Hall–Kier alpha value is -1.04. The molecule has 0 aromatic rings. The fourth-order valence-corrected chi connectivity index (χ4v) is 3.30. The lowest BCUT2D eigenvalue weighted by Crippen LogP contribution is -2.54. The molecule has 2 fully saturated rings. The summed E-state index contributed by atoms with van der Waals surface area (Å²) in [6, 6.07) is -0.226. The summed E-state index contributed by atoms with van der Waals surface area (Å²) in [6.45, 7) is 1.47.